The zero-order valence-corrected chi connectivity index (χ0v) is 17.3. The molecule has 4 bridgehead atoms. The highest BCUT2D eigenvalue weighted by atomic mass is 16.2. The molecule has 0 saturated heterocycles. The molecule has 5 rings (SSSR count). The summed E-state index contributed by atoms with van der Waals surface area (Å²) >= 11 is 0. The minimum atomic E-state index is -0.524. The number of nitrogens with one attached hydrogen (secondary N) is 2. The first kappa shape index (κ1) is 19.7. The number of nitrogens with zero attached hydrogens (tertiary/aromatic N) is 1. The van der Waals surface area contributed by atoms with Crippen LogP contribution in [0.1, 0.15) is 71.6 Å². The first-order chi connectivity index (χ1) is 13.4. The van der Waals surface area contributed by atoms with Crippen molar-refractivity contribution in [2.75, 3.05) is 0 Å². The molecule has 2 atom stereocenters. The molecule has 4 fully saturated rings. The highest BCUT2D eigenvalue weighted by molar-refractivity contribution is 5.90. The summed E-state index contributed by atoms with van der Waals surface area (Å²) in [7, 11) is 0. The third kappa shape index (κ3) is 4.04. The number of carbonyl (C=O) groups excluding carboxylic acids is 2. The molecular formula is C23H35N3O2. The van der Waals surface area contributed by atoms with Crippen molar-refractivity contribution in [2.24, 2.45) is 40.1 Å². The molecule has 0 aliphatic heterocycles. The van der Waals surface area contributed by atoms with Crippen molar-refractivity contribution in [2.45, 2.75) is 77.7 Å². The van der Waals surface area contributed by atoms with Gasteiger partial charge >= 0.3 is 0 Å². The molecule has 2 N–H and O–H groups in total. The summed E-state index contributed by atoms with van der Waals surface area (Å²) in [6.45, 7) is 3.97. The van der Waals surface area contributed by atoms with Crippen molar-refractivity contribution in [1.29, 1.82) is 0 Å². The van der Waals surface area contributed by atoms with Crippen molar-refractivity contribution >= 4 is 18.0 Å². The molecule has 5 aliphatic rings. The third-order valence-corrected chi connectivity index (χ3v) is 7.53. The molecule has 0 unspecified atom stereocenters. The van der Waals surface area contributed by atoms with E-state index in [-0.39, 0.29) is 23.1 Å². The van der Waals surface area contributed by atoms with Crippen molar-refractivity contribution in [3.8, 4) is 0 Å². The van der Waals surface area contributed by atoms with Crippen LogP contribution in [0.3, 0.4) is 0 Å². The molecule has 28 heavy (non-hydrogen) atoms. The van der Waals surface area contributed by atoms with Gasteiger partial charge in [0.2, 0.25) is 5.91 Å². The van der Waals surface area contributed by atoms with Crippen LogP contribution in [0.25, 0.3) is 0 Å². The van der Waals surface area contributed by atoms with Crippen molar-refractivity contribution < 1.29 is 9.59 Å². The second-order valence-electron chi connectivity index (χ2n) is 10.2. The van der Waals surface area contributed by atoms with E-state index in [2.05, 4.69) is 28.0 Å². The number of amides is 2. The standard InChI is InChI=1S/C23H35N3O2/c1-15(2)20(21(27)26-24-14-16-6-4-3-5-7-16)25-22(28)23-11-17-8-18(12-23)10-19(9-17)13-23/h3-4,14-20H,5-13H2,1-2H3,(H,25,28)(H,26,27)/b24-14-/t16-,17?,18?,19?,20-,23?/m0/s1. The van der Waals surface area contributed by atoms with Gasteiger partial charge in [-0.2, -0.15) is 5.10 Å². The summed E-state index contributed by atoms with van der Waals surface area (Å²) in [5.41, 5.74) is 2.46. The smallest absolute Gasteiger partial charge is 0.262 e. The van der Waals surface area contributed by atoms with E-state index in [0.717, 1.165) is 56.3 Å². The molecule has 0 aromatic carbocycles. The van der Waals surface area contributed by atoms with Gasteiger partial charge in [-0.05, 0) is 87.4 Å². The molecule has 0 heterocycles. The molecule has 154 valence electrons. The average molecular weight is 386 g/mol. The predicted molar refractivity (Wildman–Crippen MR) is 110 cm³/mol. The van der Waals surface area contributed by atoms with E-state index in [1.54, 1.807) is 0 Å². The highest BCUT2D eigenvalue weighted by Gasteiger charge is 2.55. The van der Waals surface area contributed by atoms with Gasteiger partial charge in [0, 0.05) is 11.6 Å². The van der Waals surface area contributed by atoms with E-state index >= 15 is 0 Å². The first-order valence-electron chi connectivity index (χ1n) is 11.2. The van der Waals surface area contributed by atoms with Crippen LogP contribution in [0, 0.1) is 35.0 Å². The van der Waals surface area contributed by atoms with Gasteiger partial charge in [-0.15, -0.1) is 0 Å². The Kier molecular flexibility index (Phi) is 5.62. The average Bonchev–Trinajstić information content (AvgIpc) is 2.65. The minimum Gasteiger partial charge on any atom is -0.344 e. The highest BCUT2D eigenvalue weighted by Crippen LogP contribution is 2.60. The van der Waals surface area contributed by atoms with E-state index in [1.165, 1.54) is 19.3 Å². The zero-order chi connectivity index (χ0) is 19.7. The summed E-state index contributed by atoms with van der Waals surface area (Å²) in [6, 6.07) is -0.524. The van der Waals surface area contributed by atoms with Crippen LogP contribution in [0.4, 0.5) is 0 Å². The molecule has 0 radical (unpaired) electrons. The fourth-order valence-electron chi connectivity index (χ4n) is 6.45. The van der Waals surface area contributed by atoms with Crippen LogP contribution in [0.5, 0.6) is 0 Å². The van der Waals surface area contributed by atoms with Gasteiger partial charge in [0.25, 0.3) is 5.91 Å². The summed E-state index contributed by atoms with van der Waals surface area (Å²) in [5, 5.41) is 7.31. The molecule has 5 nitrogen and oxygen atoms in total. The van der Waals surface area contributed by atoms with Gasteiger partial charge < -0.3 is 5.32 Å². The maximum atomic E-state index is 13.3. The number of hydrazone groups is 1. The van der Waals surface area contributed by atoms with Crippen LogP contribution in [-0.2, 0) is 9.59 Å². The Morgan fingerprint density at radius 2 is 1.71 bits per heavy atom. The van der Waals surface area contributed by atoms with E-state index in [9.17, 15) is 9.59 Å². The van der Waals surface area contributed by atoms with Gasteiger partial charge in [0.1, 0.15) is 6.04 Å². The quantitative estimate of drug-likeness (QED) is 0.415. The maximum absolute atomic E-state index is 13.3. The summed E-state index contributed by atoms with van der Waals surface area (Å²) < 4.78 is 0. The van der Waals surface area contributed by atoms with Crippen LogP contribution >= 0.6 is 0 Å². The lowest BCUT2D eigenvalue weighted by Crippen LogP contribution is -2.58. The van der Waals surface area contributed by atoms with Crippen molar-refractivity contribution in [3.05, 3.63) is 12.2 Å². The second kappa shape index (κ2) is 8.00. The van der Waals surface area contributed by atoms with Crippen LogP contribution in [-0.4, -0.2) is 24.1 Å². The fourth-order valence-corrected chi connectivity index (χ4v) is 6.45. The van der Waals surface area contributed by atoms with E-state index in [0.29, 0.717) is 5.92 Å². The lowest BCUT2D eigenvalue weighted by Gasteiger charge is -2.55. The number of carbonyl (C=O) groups is 2. The lowest BCUT2D eigenvalue weighted by atomic mass is 9.49. The van der Waals surface area contributed by atoms with Crippen LogP contribution < -0.4 is 10.7 Å². The maximum Gasteiger partial charge on any atom is 0.262 e. The Labute approximate surface area is 168 Å². The molecule has 4 saturated carbocycles. The van der Waals surface area contributed by atoms with Gasteiger partial charge in [-0.1, -0.05) is 26.0 Å². The van der Waals surface area contributed by atoms with Crippen LogP contribution in [0.2, 0.25) is 0 Å². The number of allylic oxidation sites excluding steroid dienone is 2. The van der Waals surface area contributed by atoms with Gasteiger partial charge in [0.15, 0.2) is 0 Å². The lowest BCUT2D eigenvalue weighted by molar-refractivity contribution is -0.149. The molecule has 0 aromatic rings. The Morgan fingerprint density at radius 1 is 1.07 bits per heavy atom. The SMILES string of the molecule is CC(C)[C@H](NC(=O)C12CC3CC(CC(C3)C1)C2)C(=O)N/N=C\[C@H]1CC=CCC1. The molecular weight excluding hydrogens is 350 g/mol. The third-order valence-electron chi connectivity index (χ3n) is 7.53. The largest absolute Gasteiger partial charge is 0.344 e. The minimum absolute atomic E-state index is 0.0330. The summed E-state index contributed by atoms with van der Waals surface area (Å²) in [6.07, 6.45) is 16.3. The van der Waals surface area contributed by atoms with E-state index in [4.69, 9.17) is 0 Å². The number of hydrogen-bond acceptors (Lipinski definition) is 3. The molecule has 2 amide bonds. The van der Waals surface area contributed by atoms with E-state index in [1.807, 2.05) is 20.1 Å². The van der Waals surface area contributed by atoms with Crippen molar-refractivity contribution in [1.82, 2.24) is 10.7 Å². The molecule has 0 spiro atoms. The summed E-state index contributed by atoms with van der Waals surface area (Å²) in [5.74, 6) is 2.50. The zero-order valence-electron chi connectivity index (χ0n) is 17.3. The summed E-state index contributed by atoms with van der Waals surface area (Å²) in [4.78, 5) is 26.0. The van der Waals surface area contributed by atoms with Gasteiger partial charge in [0.05, 0.1) is 0 Å². The topological polar surface area (TPSA) is 70.6 Å². The Bertz CT molecular complexity index is 631. The Balaban J connectivity index is 1.36. The fraction of sp³-hybridized carbons (Fsp3) is 0.783. The van der Waals surface area contributed by atoms with E-state index < -0.39 is 6.04 Å². The van der Waals surface area contributed by atoms with Gasteiger partial charge in [-0.3, -0.25) is 9.59 Å². The monoisotopic (exact) mass is 385 g/mol. The molecule has 5 aliphatic carbocycles. The Hall–Kier alpha value is -1.65. The van der Waals surface area contributed by atoms with Gasteiger partial charge in [-0.25, -0.2) is 5.43 Å². The number of rotatable bonds is 6. The normalized spacial score (nSPS) is 37.4. The second-order valence-corrected chi connectivity index (χ2v) is 10.2. The predicted octanol–water partition coefficient (Wildman–Crippen LogP) is 3.80. The van der Waals surface area contributed by atoms with Crippen LogP contribution in [0.15, 0.2) is 17.3 Å². The first-order valence-corrected chi connectivity index (χ1v) is 11.2. The van der Waals surface area contributed by atoms with Crippen molar-refractivity contribution in [3.63, 3.8) is 0 Å². The molecule has 5 heteroatoms. The molecule has 0 aromatic heterocycles. The number of hydrogen-bond donors (Lipinski definition) is 2. The Morgan fingerprint density at radius 3 is 2.25 bits per heavy atom.